The van der Waals surface area contributed by atoms with Crippen molar-refractivity contribution in [3.8, 4) is 5.75 Å². The predicted molar refractivity (Wildman–Crippen MR) is 66.6 cm³/mol. The predicted octanol–water partition coefficient (Wildman–Crippen LogP) is 2.76. The molecule has 0 spiro atoms. The first-order valence-corrected chi connectivity index (χ1v) is 5.85. The average molecular weight is 222 g/mol. The van der Waals surface area contributed by atoms with Gasteiger partial charge in [0.05, 0.1) is 0 Å². The lowest BCUT2D eigenvalue weighted by molar-refractivity contribution is 0.129. The zero-order chi connectivity index (χ0) is 12.0. The summed E-state index contributed by atoms with van der Waals surface area (Å²) in [6, 6.07) is 1.92. The first kappa shape index (κ1) is 13.0. The molecule has 0 saturated heterocycles. The van der Waals surface area contributed by atoms with Gasteiger partial charge >= 0.3 is 0 Å². The van der Waals surface area contributed by atoms with Gasteiger partial charge in [0, 0.05) is 24.5 Å². The van der Waals surface area contributed by atoms with Gasteiger partial charge < -0.3 is 10.1 Å². The second-order valence-corrected chi connectivity index (χ2v) is 4.87. The third-order valence-corrected chi connectivity index (χ3v) is 2.02. The summed E-state index contributed by atoms with van der Waals surface area (Å²) in [7, 11) is 0. The molecule has 0 radical (unpaired) electrons. The Balaban J connectivity index is 2.68. The van der Waals surface area contributed by atoms with Crippen molar-refractivity contribution < 1.29 is 4.74 Å². The van der Waals surface area contributed by atoms with Crippen molar-refractivity contribution in [2.45, 2.75) is 46.3 Å². The summed E-state index contributed by atoms with van der Waals surface area (Å²) in [6.45, 7) is 10.1. The molecule has 0 fully saturated rings. The maximum Gasteiger partial charge on any atom is 0.127 e. The maximum absolute atomic E-state index is 5.88. The second-order valence-electron chi connectivity index (χ2n) is 4.87. The van der Waals surface area contributed by atoms with Gasteiger partial charge in [-0.15, -0.1) is 0 Å². The molecular formula is C13H22N2O. The van der Waals surface area contributed by atoms with Crippen LogP contribution in [0.2, 0.25) is 0 Å². The van der Waals surface area contributed by atoms with E-state index in [-0.39, 0.29) is 5.60 Å². The molecular weight excluding hydrogens is 200 g/mol. The van der Waals surface area contributed by atoms with Gasteiger partial charge in [-0.05, 0) is 39.8 Å². The molecule has 0 aliphatic rings. The summed E-state index contributed by atoms with van der Waals surface area (Å²) in [5.74, 6) is 0.922. The Morgan fingerprint density at radius 2 is 2.12 bits per heavy atom. The second kappa shape index (κ2) is 5.85. The molecule has 3 nitrogen and oxygen atoms in total. The average Bonchev–Trinajstić information content (AvgIpc) is 2.19. The Morgan fingerprint density at radius 1 is 1.38 bits per heavy atom. The summed E-state index contributed by atoms with van der Waals surface area (Å²) >= 11 is 0. The highest BCUT2D eigenvalue weighted by molar-refractivity contribution is 5.30. The fourth-order valence-corrected chi connectivity index (χ4v) is 1.38. The molecule has 0 bridgehead atoms. The minimum Gasteiger partial charge on any atom is -0.488 e. The van der Waals surface area contributed by atoms with Crippen molar-refractivity contribution in [2.75, 3.05) is 6.54 Å². The summed E-state index contributed by atoms with van der Waals surface area (Å²) in [5.41, 5.74) is 0.951. The molecule has 1 heterocycles. The highest BCUT2D eigenvalue weighted by Crippen LogP contribution is 2.21. The molecule has 1 rings (SSSR count). The van der Waals surface area contributed by atoms with Crippen molar-refractivity contribution in [1.29, 1.82) is 0 Å². The van der Waals surface area contributed by atoms with Gasteiger partial charge in [-0.25, -0.2) is 0 Å². The van der Waals surface area contributed by atoms with Crippen LogP contribution >= 0.6 is 0 Å². The molecule has 0 saturated carbocycles. The fraction of sp³-hybridized carbons (Fsp3) is 0.615. The minimum absolute atomic E-state index is 0.166. The van der Waals surface area contributed by atoms with Crippen LogP contribution in [0, 0.1) is 0 Å². The van der Waals surface area contributed by atoms with E-state index in [0.29, 0.717) is 0 Å². The van der Waals surface area contributed by atoms with E-state index in [1.54, 1.807) is 6.20 Å². The van der Waals surface area contributed by atoms with Crippen LogP contribution in [0.3, 0.4) is 0 Å². The molecule has 0 aromatic carbocycles. The van der Waals surface area contributed by atoms with Crippen LogP contribution in [0.4, 0.5) is 0 Å². The molecule has 1 aromatic heterocycles. The standard InChI is InChI=1S/C13H22N2O/c1-5-7-14-9-11-10-15-8-6-12(11)16-13(2,3)4/h6,8,10,14H,5,7,9H2,1-4H3. The van der Waals surface area contributed by atoms with Crippen LogP contribution in [-0.4, -0.2) is 17.1 Å². The number of rotatable bonds is 5. The first-order valence-electron chi connectivity index (χ1n) is 5.85. The van der Waals surface area contributed by atoms with Gasteiger partial charge in [-0.3, -0.25) is 4.98 Å². The highest BCUT2D eigenvalue weighted by Gasteiger charge is 2.14. The van der Waals surface area contributed by atoms with Gasteiger partial charge in [-0.2, -0.15) is 0 Å². The maximum atomic E-state index is 5.88. The van der Waals surface area contributed by atoms with Crippen molar-refractivity contribution in [3.63, 3.8) is 0 Å². The molecule has 1 aromatic rings. The van der Waals surface area contributed by atoms with E-state index in [1.165, 1.54) is 0 Å². The van der Waals surface area contributed by atoms with E-state index in [2.05, 4.69) is 38.0 Å². The fourth-order valence-electron chi connectivity index (χ4n) is 1.38. The monoisotopic (exact) mass is 222 g/mol. The van der Waals surface area contributed by atoms with E-state index in [0.717, 1.165) is 30.8 Å². The number of hydrogen-bond donors (Lipinski definition) is 1. The third-order valence-electron chi connectivity index (χ3n) is 2.02. The number of hydrogen-bond acceptors (Lipinski definition) is 3. The van der Waals surface area contributed by atoms with Crippen molar-refractivity contribution >= 4 is 0 Å². The zero-order valence-corrected chi connectivity index (χ0v) is 10.7. The number of aromatic nitrogens is 1. The number of ether oxygens (including phenoxy) is 1. The molecule has 0 atom stereocenters. The van der Waals surface area contributed by atoms with Gasteiger partial charge in [0.15, 0.2) is 0 Å². The number of nitrogens with zero attached hydrogens (tertiary/aromatic N) is 1. The smallest absolute Gasteiger partial charge is 0.127 e. The van der Waals surface area contributed by atoms with Crippen LogP contribution in [-0.2, 0) is 6.54 Å². The van der Waals surface area contributed by atoms with Crippen molar-refractivity contribution in [3.05, 3.63) is 24.0 Å². The Labute approximate surface area is 98.2 Å². The SMILES string of the molecule is CCCNCc1cnccc1OC(C)(C)C. The van der Waals surface area contributed by atoms with Crippen molar-refractivity contribution in [2.24, 2.45) is 0 Å². The molecule has 0 aliphatic carbocycles. The van der Waals surface area contributed by atoms with Crippen LogP contribution in [0.1, 0.15) is 39.7 Å². The topological polar surface area (TPSA) is 34.2 Å². The van der Waals surface area contributed by atoms with Gasteiger partial charge in [0.1, 0.15) is 11.4 Å². The lowest BCUT2D eigenvalue weighted by Crippen LogP contribution is -2.24. The van der Waals surface area contributed by atoms with Crippen LogP contribution in [0.15, 0.2) is 18.5 Å². The van der Waals surface area contributed by atoms with Crippen molar-refractivity contribution in [1.82, 2.24) is 10.3 Å². The summed E-state index contributed by atoms with van der Waals surface area (Å²) in [6.07, 6.45) is 4.77. The van der Waals surface area contributed by atoms with E-state index >= 15 is 0 Å². The van der Waals surface area contributed by atoms with E-state index < -0.39 is 0 Å². The molecule has 0 amide bonds. The summed E-state index contributed by atoms with van der Waals surface area (Å²) in [5, 5.41) is 3.36. The highest BCUT2D eigenvalue weighted by atomic mass is 16.5. The van der Waals surface area contributed by atoms with Crippen LogP contribution < -0.4 is 10.1 Å². The van der Waals surface area contributed by atoms with Gasteiger partial charge in [0.25, 0.3) is 0 Å². The summed E-state index contributed by atoms with van der Waals surface area (Å²) < 4.78 is 5.88. The Morgan fingerprint density at radius 3 is 2.75 bits per heavy atom. The molecule has 0 unspecified atom stereocenters. The molecule has 0 aliphatic heterocycles. The lowest BCUT2D eigenvalue weighted by Gasteiger charge is -2.23. The normalized spacial score (nSPS) is 11.5. The third kappa shape index (κ3) is 4.62. The summed E-state index contributed by atoms with van der Waals surface area (Å²) in [4.78, 5) is 4.13. The molecule has 1 N–H and O–H groups in total. The van der Waals surface area contributed by atoms with E-state index in [9.17, 15) is 0 Å². The van der Waals surface area contributed by atoms with Crippen LogP contribution in [0.25, 0.3) is 0 Å². The first-order chi connectivity index (χ1) is 7.53. The van der Waals surface area contributed by atoms with Crippen LogP contribution in [0.5, 0.6) is 5.75 Å². The quantitative estimate of drug-likeness (QED) is 0.778. The lowest BCUT2D eigenvalue weighted by atomic mass is 10.1. The minimum atomic E-state index is -0.166. The molecule has 16 heavy (non-hydrogen) atoms. The molecule has 3 heteroatoms. The van der Waals surface area contributed by atoms with E-state index in [4.69, 9.17) is 4.74 Å². The zero-order valence-electron chi connectivity index (χ0n) is 10.7. The van der Waals surface area contributed by atoms with E-state index in [1.807, 2.05) is 12.3 Å². The number of nitrogens with one attached hydrogen (secondary N) is 1. The van der Waals surface area contributed by atoms with Gasteiger partial charge in [0.2, 0.25) is 0 Å². The largest absolute Gasteiger partial charge is 0.488 e. The Bertz CT molecular complexity index is 318. The Kier molecular flexibility index (Phi) is 4.74. The number of pyridine rings is 1. The molecule has 90 valence electrons. The Hall–Kier alpha value is -1.09. The van der Waals surface area contributed by atoms with Gasteiger partial charge in [-0.1, -0.05) is 6.92 Å².